The van der Waals surface area contributed by atoms with Crippen LogP contribution in [0.4, 0.5) is 5.69 Å². The minimum atomic E-state index is -3.63. The Morgan fingerprint density at radius 3 is 2.75 bits per heavy atom. The van der Waals surface area contributed by atoms with E-state index in [9.17, 15) is 8.42 Å². The molecule has 1 aromatic carbocycles. The fraction of sp³-hybridized carbons (Fsp3) is 0.250. The topological polar surface area (TPSA) is 99.2 Å². The molecule has 8 heteroatoms. The van der Waals surface area contributed by atoms with E-state index in [4.69, 9.17) is 10.5 Å². The number of aromatic nitrogens is 2. The highest BCUT2D eigenvalue weighted by atomic mass is 32.2. The van der Waals surface area contributed by atoms with E-state index in [1.165, 1.54) is 25.3 Å². The number of hydrogen-bond donors (Lipinski definition) is 2. The van der Waals surface area contributed by atoms with E-state index in [-0.39, 0.29) is 11.4 Å². The highest BCUT2D eigenvalue weighted by Gasteiger charge is 2.16. The van der Waals surface area contributed by atoms with E-state index in [1.807, 2.05) is 0 Å². The van der Waals surface area contributed by atoms with E-state index in [0.717, 1.165) is 5.69 Å². The monoisotopic (exact) mass is 296 g/mol. The summed E-state index contributed by atoms with van der Waals surface area (Å²) in [5, 5.41) is 3.97. The van der Waals surface area contributed by atoms with Crippen LogP contribution in [0.15, 0.2) is 35.4 Å². The molecule has 0 saturated heterocycles. The molecule has 2 rings (SSSR count). The van der Waals surface area contributed by atoms with Crippen LogP contribution in [0.5, 0.6) is 5.75 Å². The van der Waals surface area contributed by atoms with E-state index in [0.29, 0.717) is 11.4 Å². The van der Waals surface area contributed by atoms with Crippen molar-refractivity contribution in [2.45, 2.75) is 11.4 Å². The average molecular weight is 296 g/mol. The van der Waals surface area contributed by atoms with Crippen LogP contribution in [0, 0.1) is 0 Å². The first-order valence-electron chi connectivity index (χ1n) is 5.84. The van der Waals surface area contributed by atoms with Crippen molar-refractivity contribution in [1.82, 2.24) is 14.5 Å². The summed E-state index contributed by atoms with van der Waals surface area (Å²) in [7, 11) is -0.448. The molecule has 0 aliphatic rings. The van der Waals surface area contributed by atoms with E-state index < -0.39 is 10.0 Å². The van der Waals surface area contributed by atoms with Gasteiger partial charge in [0.1, 0.15) is 5.75 Å². The number of sulfonamides is 1. The molecule has 0 bridgehead atoms. The van der Waals surface area contributed by atoms with Crippen molar-refractivity contribution >= 4 is 15.7 Å². The lowest BCUT2D eigenvalue weighted by atomic mass is 10.3. The van der Waals surface area contributed by atoms with Crippen LogP contribution in [-0.4, -0.2) is 25.3 Å². The van der Waals surface area contributed by atoms with Gasteiger partial charge in [-0.05, 0) is 18.2 Å². The van der Waals surface area contributed by atoms with Gasteiger partial charge in [0.15, 0.2) is 0 Å². The van der Waals surface area contributed by atoms with Gasteiger partial charge < -0.3 is 10.5 Å². The second-order valence-electron chi connectivity index (χ2n) is 4.17. The Morgan fingerprint density at radius 2 is 2.15 bits per heavy atom. The molecule has 0 radical (unpaired) electrons. The normalized spacial score (nSPS) is 11.5. The molecule has 0 spiro atoms. The maximum Gasteiger partial charge on any atom is 0.241 e. The summed E-state index contributed by atoms with van der Waals surface area (Å²) in [6, 6.07) is 6.06. The van der Waals surface area contributed by atoms with Crippen LogP contribution in [0.25, 0.3) is 0 Å². The number of aryl methyl sites for hydroxylation is 1. The standard InChI is InChI=1S/C12H16N4O3S/c1-16-9(5-6-14-16)8-15-20(17,18)10-3-4-11(13)12(7-10)19-2/h3-7,15H,8,13H2,1-2H3. The van der Waals surface area contributed by atoms with Crippen LogP contribution in [0.2, 0.25) is 0 Å². The number of nitrogens with one attached hydrogen (secondary N) is 1. The quantitative estimate of drug-likeness (QED) is 0.782. The van der Waals surface area contributed by atoms with Crippen molar-refractivity contribution in [1.29, 1.82) is 0 Å². The van der Waals surface area contributed by atoms with Gasteiger partial charge in [-0.15, -0.1) is 0 Å². The number of anilines is 1. The lowest BCUT2D eigenvalue weighted by Gasteiger charge is -2.09. The molecule has 20 heavy (non-hydrogen) atoms. The van der Waals surface area contributed by atoms with E-state index >= 15 is 0 Å². The third kappa shape index (κ3) is 2.91. The summed E-state index contributed by atoms with van der Waals surface area (Å²) < 4.78 is 33.5. The smallest absolute Gasteiger partial charge is 0.241 e. The first-order valence-corrected chi connectivity index (χ1v) is 7.32. The summed E-state index contributed by atoms with van der Waals surface area (Å²) in [6.45, 7) is 0.158. The predicted octanol–water partition coefficient (Wildman–Crippen LogP) is 0.489. The maximum absolute atomic E-state index is 12.2. The van der Waals surface area contributed by atoms with Crippen LogP contribution in [0.1, 0.15) is 5.69 Å². The van der Waals surface area contributed by atoms with Gasteiger partial charge in [0.05, 0.1) is 29.9 Å². The second kappa shape index (κ2) is 5.51. The molecule has 0 amide bonds. The molecule has 3 N–H and O–H groups in total. The number of nitrogen functional groups attached to an aromatic ring is 1. The Bertz CT molecular complexity index is 709. The SMILES string of the molecule is COc1cc(S(=O)(=O)NCc2ccnn2C)ccc1N. The van der Waals surface area contributed by atoms with Crippen molar-refractivity contribution in [2.24, 2.45) is 7.05 Å². The molecule has 1 aromatic heterocycles. The number of ether oxygens (including phenoxy) is 1. The van der Waals surface area contributed by atoms with Crippen molar-refractivity contribution < 1.29 is 13.2 Å². The lowest BCUT2D eigenvalue weighted by molar-refractivity contribution is 0.415. The zero-order valence-corrected chi connectivity index (χ0v) is 12.0. The first-order chi connectivity index (χ1) is 9.44. The summed E-state index contributed by atoms with van der Waals surface area (Å²) >= 11 is 0. The van der Waals surface area contributed by atoms with Gasteiger partial charge >= 0.3 is 0 Å². The van der Waals surface area contributed by atoms with Crippen molar-refractivity contribution in [3.63, 3.8) is 0 Å². The molecule has 7 nitrogen and oxygen atoms in total. The molecule has 108 valence electrons. The summed E-state index contributed by atoms with van der Waals surface area (Å²) in [6.07, 6.45) is 1.61. The van der Waals surface area contributed by atoms with Gasteiger partial charge in [-0.3, -0.25) is 4.68 Å². The fourth-order valence-corrected chi connectivity index (χ4v) is 2.70. The van der Waals surface area contributed by atoms with Gasteiger partial charge in [0.2, 0.25) is 10.0 Å². The van der Waals surface area contributed by atoms with Crippen molar-refractivity contribution in [2.75, 3.05) is 12.8 Å². The van der Waals surface area contributed by atoms with Gasteiger partial charge in [0.25, 0.3) is 0 Å². The summed E-state index contributed by atoms with van der Waals surface area (Å²) in [4.78, 5) is 0.103. The molecule has 0 fully saturated rings. The highest BCUT2D eigenvalue weighted by Crippen LogP contribution is 2.24. The zero-order valence-electron chi connectivity index (χ0n) is 11.2. The number of rotatable bonds is 5. The number of nitrogens with two attached hydrogens (primary N) is 1. The van der Waals surface area contributed by atoms with Gasteiger partial charge in [-0.1, -0.05) is 0 Å². The molecule has 0 saturated carbocycles. The first kappa shape index (κ1) is 14.4. The Morgan fingerprint density at radius 1 is 1.40 bits per heavy atom. The predicted molar refractivity (Wildman–Crippen MR) is 74.6 cm³/mol. The number of benzene rings is 1. The Hall–Kier alpha value is -2.06. The molecule has 1 heterocycles. The summed E-state index contributed by atoms with van der Waals surface area (Å²) in [5.74, 6) is 0.327. The third-order valence-corrected chi connectivity index (χ3v) is 4.28. The van der Waals surface area contributed by atoms with E-state index in [1.54, 1.807) is 24.0 Å². The molecule has 0 atom stereocenters. The van der Waals surface area contributed by atoms with Crippen LogP contribution < -0.4 is 15.2 Å². The molecule has 2 aromatic rings. The van der Waals surface area contributed by atoms with Crippen molar-refractivity contribution in [3.05, 3.63) is 36.2 Å². The van der Waals surface area contributed by atoms with Gasteiger partial charge in [-0.2, -0.15) is 5.10 Å². The maximum atomic E-state index is 12.2. The van der Waals surface area contributed by atoms with Crippen LogP contribution in [0.3, 0.4) is 0 Å². The highest BCUT2D eigenvalue weighted by molar-refractivity contribution is 7.89. The number of nitrogens with zero attached hydrogens (tertiary/aromatic N) is 2. The summed E-state index contributed by atoms with van der Waals surface area (Å²) in [5.41, 5.74) is 6.81. The van der Waals surface area contributed by atoms with E-state index in [2.05, 4.69) is 9.82 Å². The fourth-order valence-electron chi connectivity index (χ4n) is 1.69. The molecular formula is C12H16N4O3S. The molecule has 0 unspecified atom stereocenters. The van der Waals surface area contributed by atoms with Crippen molar-refractivity contribution in [3.8, 4) is 5.75 Å². The molecule has 0 aliphatic carbocycles. The van der Waals surface area contributed by atoms with Gasteiger partial charge in [-0.25, -0.2) is 13.1 Å². The lowest BCUT2D eigenvalue weighted by Crippen LogP contribution is -2.24. The zero-order chi connectivity index (χ0) is 14.8. The molecular weight excluding hydrogens is 280 g/mol. The number of hydrogen-bond acceptors (Lipinski definition) is 5. The minimum Gasteiger partial charge on any atom is -0.495 e. The van der Waals surface area contributed by atoms with Gasteiger partial charge in [0, 0.05) is 19.3 Å². The third-order valence-electron chi connectivity index (χ3n) is 2.88. The Kier molecular flexibility index (Phi) is 3.96. The second-order valence-corrected chi connectivity index (χ2v) is 5.94. The largest absolute Gasteiger partial charge is 0.495 e. The number of methoxy groups -OCH3 is 1. The Labute approximate surface area is 117 Å². The Balaban J connectivity index is 2.20. The van der Waals surface area contributed by atoms with Crippen LogP contribution in [-0.2, 0) is 23.6 Å². The van der Waals surface area contributed by atoms with Crippen LogP contribution >= 0.6 is 0 Å². The minimum absolute atomic E-state index is 0.103. The average Bonchev–Trinajstić information content (AvgIpc) is 2.82. The molecule has 0 aliphatic heterocycles.